The van der Waals surface area contributed by atoms with Gasteiger partial charge < -0.3 is 5.32 Å². The predicted molar refractivity (Wildman–Crippen MR) is 130 cm³/mol. The zero-order valence-corrected chi connectivity index (χ0v) is 19.1. The summed E-state index contributed by atoms with van der Waals surface area (Å²) in [6.07, 6.45) is 13.0. The zero-order chi connectivity index (χ0) is 21.3. The first-order valence-electron chi connectivity index (χ1n) is 10.0. The van der Waals surface area contributed by atoms with E-state index in [1.165, 1.54) is 25.7 Å². The summed E-state index contributed by atoms with van der Waals surface area (Å²) in [5.74, 6) is 1.41. The van der Waals surface area contributed by atoms with Crippen molar-refractivity contribution in [3.05, 3.63) is 95.1 Å². The van der Waals surface area contributed by atoms with Gasteiger partial charge in [-0.2, -0.15) is 0 Å². The Morgan fingerprint density at radius 3 is 2.04 bits per heavy atom. The lowest BCUT2D eigenvalue weighted by Crippen LogP contribution is -2.22. The van der Waals surface area contributed by atoms with Crippen LogP contribution in [0.3, 0.4) is 0 Å². The average molecular weight is 396 g/mol. The second-order valence-electron chi connectivity index (χ2n) is 7.81. The molecule has 1 N–H and O–H groups in total. The van der Waals surface area contributed by atoms with Crippen molar-refractivity contribution in [1.29, 1.82) is 0 Å². The van der Waals surface area contributed by atoms with Gasteiger partial charge in [0.25, 0.3) is 0 Å². The van der Waals surface area contributed by atoms with E-state index in [-0.39, 0.29) is 0 Å². The minimum absolute atomic E-state index is 0.568. The fraction of sp³-hybridized carbons (Fsp3) is 0.385. The molecule has 0 spiro atoms. The lowest BCUT2D eigenvalue weighted by Gasteiger charge is -2.28. The van der Waals surface area contributed by atoms with E-state index in [9.17, 15) is 0 Å². The first-order valence-corrected chi connectivity index (χ1v) is 10.8. The van der Waals surface area contributed by atoms with E-state index in [0.717, 1.165) is 43.8 Å². The maximum absolute atomic E-state index is 4.31. The Hall–Kier alpha value is -1.93. The van der Waals surface area contributed by atoms with Gasteiger partial charge in [-0.25, -0.2) is 0 Å². The Bertz CT molecular complexity index is 722. The third kappa shape index (κ3) is 7.98. The van der Waals surface area contributed by atoms with Crippen LogP contribution in [0, 0.1) is 11.8 Å². The van der Waals surface area contributed by atoms with E-state index in [1.54, 1.807) is 11.8 Å². The maximum Gasteiger partial charge on any atom is 0.0123 e. The van der Waals surface area contributed by atoms with Crippen molar-refractivity contribution >= 4 is 11.8 Å². The molecule has 0 aliphatic heterocycles. The molecule has 1 rings (SSSR count). The van der Waals surface area contributed by atoms with Crippen LogP contribution >= 0.6 is 11.8 Å². The Balaban J connectivity index is 3.01. The lowest BCUT2D eigenvalue weighted by molar-refractivity contribution is 0.314. The van der Waals surface area contributed by atoms with Crippen molar-refractivity contribution < 1.29 is 0 Å². The van der Waals surface area contributed by atoms with E-state index in [1.807, 2.05) is 19.1 Å². The largest absolute Gasteiger partial charge is 0.363 e. The van der Waals surface area contributed by atoms with E-state index in [0.29, 0.717) is 5.92 Å². The van der Waals surface area contributed by atoms with E-state index >= 15 is 0 Å². The molecule has 0 unspecified atom stereocenters. The van der Waals surface area contributed by atoms with Crippen LogP contribution in [0.2, 0.25) is 0 Å². The molecule has 1 aliphatic carbocycles. The summed E-state index contributed by atoms with van der Waals surface area (Å²) in [5.41, 5.74) is 5.39. The van der Waals surface area contributed by atoms with Crippen molar-refractivity contribution in [2.45, 2.75) is 53.4 Å². The predicted octanol–water partition coefficient (Wildman–Crippen LogP) is 8.22. The molecular formula is C26H37NS. The molecule has 0 saturated heterocycles. The van der Waals surface area contributed by atoms with Gasteiger partial charge in [-0.15, -0.1) is 0 Å². The van der Waals surface area contributed by atoms with E-state index in [4.69, 9.17) is 0 Å². The lowest BCUT2D eigenvalue weighted by atomic mass is 9.81. The Labute approximate surface area is 177 Å². The Kier molecular flexibility index (Phi) is 10.2. The summed E-state index contributed by atoms with van der Waals surface area (Å²) in [7, 11) is 0. The van der Waals surface area contributed by atoms with Gasteiger partial charge in [0.05, 0.1) is 0 Å². The first kappa shape index (κ1) is 24.1. The van der Waals surface area contributed by atoms with Crippen molar-refractivity contribution in [1.82, 2.24) is 5.32 Å². The topological polar surface area (TPSA) is 12.0 Å². The SMILES string of the molecule is C=C/C(C)=C(\C=C(/C)NC(=C)C1CCC(C)CC1)/C=C(\C=C)C(=C)SC(=C)C. The summed E-state index contributed by atoms with van der Waals surface area (Å²) in [6, 6.07) is 0. The highest BCUT2D eigenvalue weighted by Crippen LogP contribution is 2.32. The van der Waals surface area contributed by atoms with Crippen LogP contribution in [0.15, 0.2) is 95.1 Å². The van der Waals surface area contributed by atoms with Gasteiger partial charge in [0, 0.05) is 16.3 Å². The minimum Gasteiger partial charge on any atom is -0.363 e. The molecule has 0 aromatic rings. The van der Waals surface area contributed by atoms with Gasteiger partial charge in [-0.3, -0.25) is 0 Å². The number of nitrogens with one attached hydrogen (secondary N) is 1. The Morgan fingerprint density at radius 1 is 0.929 bits per heavy atom. The summed E-state index contributed by atoms with van der Waals surface area (Å²) >= 11 is 1.57. The smallest absolute Gasteiger partial charge is 0.0123 e. The van der Waals surface area contributed by atoms with E-state index in [2.05, 4.69) is 71.1 Å². The normalized spacial score (nSPS) is 21.4. The molecule has 152 valence electrons. The zero-order valence-electron chi connectivity index (χ0n) is 18.2. The average Bonchev–Trinajstić information content (AvgIpc) is 2.64. The molecule has 0 amide bonds. The number of thioether (sulfide) groups is 1. The molecule has 1 fully saturated rings. The van der Waals surface area contributed by atoms with Gasteiger partial charge in [0.2, 0.25) is 0 Å². The molecule has 0 aromatic heterocycles. The Morgan fingerprint density at radius 2 is 1.54 bits per heavy atom. The second-order valence-corrected chi connectivity index (χ2v) is 9.20. The minimum atomic E-state index is 0.568. The van der Waals surface area contributed by atoms with Crippen molar-refractivity contribution in [3.63, 3.8) is 0 Å². The number of rotatable bonds is 10. The fourth-order valence-corrected chi connectivity index (χ4v) is 3.99. The van der Waals surface area contributed by atoms with Crippen LogP contribution < -0.4 is 5.32 Å². The van der Waals surface area contributed by atoms with Gasteiger partial charge in [-0.05, 0) is 79.2 Å². The van der Waals surface area contributed by atoms with Crippen LogP contribution in [0.5, 0.6) is 0 Å². The molecular weight excluding hydrogens is 358 g/mol. The van der Waals surface area contributed by atoms with Crippen molar-refractivity contribution in [3.8, 4) is 0 Å². The summed E-state index contributed by atoms with van der Waals surface area (Å²) in [6.45, 7) is 28.8. The second kappa shape index (κ2) is 11.8. The van der Waals surface area contributed by atoms with Crippen LogP contribution in [0.1, 0.15) is 53.4 Å². The molecule has 1 aliphatic rings. The van der Waals surface area contributed by atoms with Crippen molar-refractivity contribution in [2.24, 2.45) is 11.8 Å². The van der Waals surface area contributed by atoms with Crippen LogP contribution in [0.25, 0.3) is 0 Å². The summed E-state index contributed by atoms with van der Waals surface area (Å²) in [5, 5.41) is 3.53. The monoisotopic (exact) mass is 395 g/mol. The van der Waals surface area contributed by atoms with Crippen LogP contribution in [-0.2, 0) is 0 Å². The molecule has 0 radical (unpaired) electrons. The highest BCUT2D eigenvalue weighted by atomic mass is 32.2. The van der Waals surface area contributed by atoms with E-state index < -0.39 is 0 Å². The molecule has 1 saturated carbocycles. The molecule has 0 atom stereocenters. The summed E-state index contributed by atoms with van der Waals surface area (Å²) in [4.78, 5) is 1.95. The molecule has 1 nitrogen and oxygen atoms in total. The standard InChI is InChI=1S/C26H37NS/c1-10-20(6)26(17-24(11-2)23(9)28-18(3)4)16-21(7)27-22(8)25-14-12-19(5)13-15-25/h10-11,16-17,19,25,27H,1-3,8-9,12-15H2,4-7H3/b21-16+,24-17+,26-20+. The first-order chi connectivity index (χ1) is 13.2. The van der Waals surface area contributed by atoms with Gasteiger partial charge in [-0.1, -0.05) is 76.6 Å². The maximum atomic E-state index is 4.31. The molecule has 2 heteroatoms. The van der Waals surface area contributed by atoms with Crippen LogP contribution in [-0.4, -0.2) is 0 Å². The fourth-order valence-electron chi connectivity index (χ4n) is 3.31. The summed E-state index contributed by atoms with van der Waals surface area (Å²) < 4.78 is 0. The van der Waals surface area contributed by atoms with Crippen LogP contribution in [0.4, 0.5) is 0 Å². The van der Waals surface area contributed by atoms with Gasteiger partial charge in [0.15, 0.2) is 0 Å². The number of hydrogen-bond acceptors (Lipinski definition) is 2. The molecule has 0 aromatic carbocycles. The molecule has 0 heterocycles. The highest BCUT2D eigenvalue weighted by Gasteiger charge is 2.20. The van der Waals surface area contributed by atoms with Gasteiger partial charge in [0.1, 0.15) is 0 Å². The third-order valence-electron chi connectivity index (χ3n) is 5.15. The van der Waals surface area contributed by atoms with Gasteiger partial charge >= 0.3 is 0 Å². The number of hydrogen-bond donors (Lipinski definition) is 1. The molecule has 0 bridgehead atoms. The highest BCUT2D eigenvalue weighted by molar-refractivity contribution is 8.06. The van der Waals surface area contributed by atoms with Crippen molar-refractivity contribution in [2.75, 3.05) is 0 Å². The molecule has 28 heavy (non-hydrogen) atoms. The third-order valence-corrected chi connectivity index (χ3v) is 5.98. The quantitative estimate of drug-likeness (QED) is 0.374. The number of allylic oxidation sites excluding steroid dienone is 10.